The van der Waals surface area contributed by atoms with Crippen LogP contribution < -0.4 is 10.9 Å². The second-order valence-corrected chi connectivity index (χ2v) is 4.30. The van der Waals surface area contributed by atoms with Gasteiger partial charge < -0.3 is 15.0 Å². The number of aromatic nitrogens is 1. The lowest BCUT2D eigenvalue weighted by atomic mass is 10.1. The van der Waals surface area contributed by atoms with E-state index < -0.39 is 5.54 Å². The number of nitrogens with zero attached hydrogens (tertiary/aromatic N) is 1. The molecule has 0 atom stereocenters. The summed E-state index contributed by atoms with van der Waals surface area (Å²) in [6.07, 6.45) is 0. The van der Waals surface area contributed by atoms with E-state index in [1.165, 1.54) is 23.7 Å². The van der Waals surface area contributed by atoms with Crippen molar-refractivity contribution in [3.63, 3.8) is 0 Å². The van der Waals surface area contributed by atoms with Crippen LogP contribution in [0.2, 0.25) is 0 Å². The minimum atomic E-state index is -0.705. The Kier molecular flexibility index (Phi) is 3.49. The molecule has 0 aliphatic heterocycles. The van der Waals surface area contributed by atoms with Gasteiger partial charge in [0.2, 0.25) is 0 Å². The van der Waals surface area contributed by atoms with Crippen LogP contribution in [0.25, 0.3) is 0 Å². The number of amides is 1. The minimum Gasteiger partial charge on any atom is -0.394 e. The molecule has 1 rings (SSSR count). The fraction of sp³-hybridized carbons (Fsp3) is 0.455. The minimum absolute atomic E-state index is 0.167. The molecule has 0 aromatic carbocycles. The molecule has 1 aromatic heterocycles. The van der Waals surface area contributed by atoms with Crippen molar-refractivity contribution < 1.29 is 9.90 Å². The first kappa shape index (κ1) is 12.4. The molecule has 2 N–H and O–H groups in total. The van der Waals surface area contributed by atoms with E-state index in [9.17, 15) is 9.59 Å². The van der Waals surface area contributed by atoms with Crippen LogP contribution in [0.4, 0.5) is 0 Å². The summed E-state index contributed by atoms with van der Waals surface area (Å²) in [7, 11) is 1.53. The van der Waals surface area contributed by atoms with E-state index in [-0.39, 0.29) is 23.8 Å². The lowest BCUT2D eigenvalue weighted by Crippen LogP contribution is -2.47. The predicted molar refractivity (Wildman–Crippen MR) is 60.3 cm³/mol. The lowest BCUT2D eigenvalue weighted by molar-refractivity contribution is 0.0859. The average Bonchev–Trinajstić information content (AvgIpc) is 2.21. The maximum Gasteiger partial charge on any atom is 0.268 e. The van der Waals surface area contributed by atoms with E-state index in [4.69, 9.17) is 5.11 Å². The number of rotatable bonds is 3. The van der Waals surface area contributed by atoms with Crippen molar-refractivity contribution in [1.29, 1.82) is 0 Å². The third kappa shape index (κ3) is 2.70. The average molecular weight is 224 g/mol. The van der Waals surface area contributed by atoms with Crippen LogP contribution in [-0.2, 0) is 7.05 Å². The zero-order valence-electron chi connectivity index (χ0n) is 9.65. The number of aliphatic hydroxyl groups excluding tert-OH is 1. The first-order chi connectivity index (χ1) is 7.37. The summed E-state index contributed by atoms with van der Waals surface area (Å²) in [5.74, 6) is -0.376. The SMILES string of the molecule is Cn1c(C(=O)NC(C)(C)CO)cccc1=O. The Balaban J connectivity index is 2.98. The van der Waals surface area contributed by atoms with E-state index in [1.54, 1.807) is 19.9 Å². The number of pyridine rings is 1. The Labute approximate surface area is 93.7 Å². The predicted octanol–water partition coefficient (Wildman–Crippen LogP) is -0.114. The van der Waals surface area contributed by atoms with Gasteiger partial charge in [-0.1, -0.05) is 6.07 Å². The van der Waals surface area contributed by atoms with Crippen LogP contribution in [0.15, 0.2) is 23.0 Å². The maximum absolute atomic E-state index is 11.8. The van der Waals surface area contributed by atoms with Gasteiger partial charge >= 0.3 is 0 Å². The van der Waals surface area contributed by atoms with Gasteiger partial charge in [-0.05, 0) is 19.9 Å². The summed E-state index contributed by atoms with van der Waals surface area (Å²) in [5, 5.41) is 11.7. The van der Waals surface area contributed by atoms with Crippen molar-refractivity contribution in [2.24, 2.45) is 7.05 Å². The molecular weight excluding hydrogens is 208 g/mol. The number of hydrogen-bond acceptors (Lipinski definition) is 3. The standard InChI is InChI=1S/C11H16N2O3/c1-11(2,7-14)12-10(16)8-5-4-6-9(15)13(8)3/h4-6,14H,7H2,1-3H3,(H,12,16). The smallest absolute Gasteiger partial charge is 0.268 e. The molecule has 16 heavy (non-hydrogen) atoms. The number of hydrogen-bond donors (Lipinski definition) is 2. The molecule has 88 valence electrons. The van der Waals surface area contributed by atoms with Gasteiger partial charge in [-0.15, -0.1) is 0 Å². The second kappa shape index (κ2) is 4.49. The molecule has 1 aromatic rings. The van der Waals surface area contributed by atoms with Gasteiger partial charge in [0.25, 0.3) is 11.5 Å². The number of carbonyl (C=O) groups is 1. The fourth-order valence-electron chi connectivity index (χ4n) is 1.20. The van der Waals surface area contributed by atoms with Gasteiger partial charge in [-0.2, -0.15) is 0 Å². The molecule has 5 heteroatoms. The normalized spacial score (nSPS) is 11.2. The van der Waals surface area contributed by atoms with Gasteiger partial charge in [0.15, 0.2) is 0 Å². The van der Waals surface area contributed by atoms with Crippen molar-refractivity contribution in [1.82, 2.24) is 9.88 Å². The van der Waals surface area contributed by atoms with Crippen LogP contribution >= 0.6 is 0 Å². The summed E-state index contributed by atoms with van der Waals surface area (Å²) >= 11 is 0. The van der Waals surface area contributed by atoms with E-state index in [2.05, 4.69) is 5.32 Å². The molecule has 1 heterocycles. The fourth-order valence-corrected chi connectivity index (χ4v) is 1.20. The lowest BCUT2D eigenvalue weighted by Gasteiger charge is -2.23. The number of carbonyl (C=O) groups excluding carboxylic acids is 1. The van der Waals surface area contributed by atoms with Crippen LogP contribution in [0, 0.1) is 0 Å². The number of aliphatic hydroxyl groups is 1. The molecule has 0 radical (unpaired) electrons. The molecule has 1 amide bonds. The second-order valence-electron chi connectivity index (χ2n) is 4.30. The molecular formula is C11H16N2O3. The zero-order valence-corrected chi connectivity index (χ0v) is 9.65. The van der Waals surface area contributed by atoms with Crippen LogP contribution in [0.3, 0.4) is 0 Å². The highest BCUT2D eigenvalue weighted by Crippen LogP contribution is 2.03. The highest BCUT2D eigenvalue weighted by atomic mass is 16.3. The van der Waals surface area contributed by atoms with Gasteiger partial charge in [0, 0.05) is 13.1 Å². The molecule has 5 nitrogen and oxygen atoms in total. The zero-order chi connectivity index (χ0) is 12.3. The molecule has 0 saturated carbocycles. The van der Waals surface area contributed by atoms with Crippen molar-refractivity contribution in [2.75, 3.05) is 6.61 Å². The quantitative estimate of drug-likeness (QED) is 0.752. The maximum atomic E-state index is 11.8. The monoisotopic (exact) mass is 224 g/mol. The summed E-state index contributed by atoms with van der Waals surface area (Å²) in [5.41, 5.74) is -0.674. The molecule has 0 aliphatic carbocycles. The third-order valence-corrected chi connectivity index (χ3v) is 2.26. The number of nitrogens with one attached hydrogen (secondary N) is 1. The molecule has 0 unspecified atom stereocenters. The summed E-state index contributed by atoms with van der Waals surface area (Å²) in [6, 6.07) is 4.47. The van der Waals surface area contributed by atoms with Crippen molar-refractivity contribution in [2.45, 2.75) is 19.4 Å². The molecule has 0 bridgehead atoms. The summed E-state index contributed by atoms with van der Waals surface area (Å²) in [4.78, 5) is 23.1. The summed E-state index contributed by atoms with van der Waals surface area (Å²) < 4.78 is 1.27. The Hall–Kier alpha value is -1.62. The van der Waals surface area contributed by atoms with Crippen molar-refractivity contribution in [3.05, 3.63) is 34.2 Å². The Morgan fingerprint density at radius 2 is 2.12 bits per heavy atom. The van der Waals surface area contributed by atoms with Crippen LogP contribution in [0.1, 0.15) is 24.3 Å². The molecule has 0 saturated heterocycles. The van der Waals surface area contributed by atoms with Crippen molar-refractivity contribution >= 4 is 5.91 Å². The van der Waals surface area contributed by atoms with Gasteiger partial charge in [0.05, 0.1) is 12.1 Å². The topological polar surface area (TPSA) is 71.3 Å². The molecule has 0 spiro atoms. The molecule has 0 aliphatic rings. The van der Waals surface area contributed by atoms with Crippen molar-refractivity contribution in [3.8, 4) is 0 Å². The first-order valence-corrected chi connectivity index (χ1v) is 4.97. The van der Waals surface area contributed by atoms with Gasteiger partial charge in [-0.25, -0.2) is 0 Å². The highest BCUT2D eigenvalue weighted by Gasteiger charge is 2.21. The first-order valence-electron chi connectivity index (χ1n) is 4.97. The third-order valence-electron chi connectivity index (χ3n) is 2.26. The van der Waals surface area contributed by atoms with Gasteiger partial charge in [-0.3, -0.25) is 9.59 Å². The Morgan fingerprint density at radius 3 is 2.69 bits per heavy atom. The van der Waals surface area contributed by atoms with E-state index in [1.807, 2.05) is 0 Å². The largest absolute Gasteiger partial charge is 0.394 e. The van der Waals surface area contributed by atoms with Gasteiger partial charge in [0.1, 0.15) is 5.69 Å². The summed E-state index contributed by atoms with van der Waals surface area (Å²) in [6.45, 7) is 3.23. The van der Waals surface area contributed by atoms with E-state index in [0.717, 1.165) is 0 Å². The van der Waals surface area contributed by atoms with E-state index in [0.29, 0.717) is 0 Å². The van der Waals surface area contributed by atoms with Crippen LogP contribution in [-0.4, -0.2) is 27.7 Å². The highest BCUT2D eigenvalue weighted by molar-refractivity contribution is 5.92. The van der Waals surface area contributed by atoms with E-state index >= 15 is 0 Å². The molecule has 0 fully saturated rings. The van der Waals surface area contributed by atoms with Crippen LogP contribution in [0.5, 0.6) is 0 Å². The Morgan fingerprint density at radius 1 is 1.50 bits per heavy atom. The Bertz CT molecular complexity index is 449.